The molecule has 0 aliphatic carbocycles. The molecule has 0 atom stereocenters. The van der Waals surface area contributed by atoms with E-state index in [9.17, 15) is 13.6 Å². The smallest absolute Gasteiger partial charge is 0.267 e. The quantitative estimate of drug-likeness (QED) is 0.654. The van der Waals surface area contributed by atoms with Gasteiger partial charge in [0.25, 0.3) is 5.91 Å². The number of carbonyl (C=O) groups excluding carboxylic acids is 1. The Morgan fingerprint density at radius 1 is 1.17 bits per heavy atom. The lowest BCUT2D eigenvalue weighted by atomic mass is 10.2. The van der Waals surface area contributed by atoms with E-state index in [0.29, 0.717) is 16.8 Å². The van der Waals surface area contributed by atoms with Gasteiger partial charge in [-0.2, -0.15) is 5.26 Å². The minimum atomic E-state index is -0.836. The molecule has 4 nitrogen and oxygen atoms in total. The molecule has 2 aromatic rings. The zero-order chi connectivity index (χ0) is 16.8. The zero-order valence-electron chi connectivity index (χ0n) is 11.6. The Morgan fingerprint density at radius 3 is 2.48 bits per heavy atom. The third kappa shape index (κ3) is 4.53. The average molecular weight is 334 g/mol. The highest BCUT2D eigenvalue weighted by molar-refractivity contribution is 6.30. The second-order valence-electron chi connectivity index (χ2n) is 4.40. The van der Waals surface area contributed by atoms with Gasteiger partial charge in [-0.25, -0.2) is 8.78 Å². The van der Waals surface area contributed by atoms with Gasteiger partial charge in [0.1, 0.15) is 23.3 Å². The summed E-state index contributed by atoms with van der Waals surface area (Å²) in [6, 6.07) is 10.9. The first-order valence-electron chi connectivity index (χ1n) is 6.38. The Bertz CT molecular complexity index is 798. The topological polar surface area (TPSA) is 64.9 Å². The Hall–Kier alpha value is -2.91. The van der Waals surface area contributed by atoms with Crippen molar-refractivity contribution in [2.24, 2.45) is 0 Å². The molecule has 0 radical (unpaired) electrons. The molecular weight excluding hydrogens is 324 g/mol. The van der Waals surface area contributed by atoms with Crippen molar-refractivity contribution in [3.8, 4) is 6.07 Å². The number of halogens is 3. The Kier molecular flexibility index (Phi) is 5.28. The van der Waals surface area contributed by atoms with Gasteiger partial charge in [-0.15, -0.1) is 0 Å². The van der Waals surface area contributed by atoms with Crippen molar-refractivity contribution in [1.82, 2.24) is 0 Å². The van der Waals surface area contributed by atoms with Crippen molar-refractivity contribution in [2.45, 2.75) is 0 Å². The van der Waals surface area contributed by atoms with E-state index in [1.807, 2.05) is 0 Å². The van der Waals surface area contributed by atoms with Crippen molar-refractivity contribution in [2.75, 3.05) is 10.6 Å². The maximum atomic E-state index is 13.5. The lowest BCUT2D eigenvalue weighted by molar-refractivity contribution is -0.112. The first-order chi connectivity index (χ1) is 11.0. The Balaban J connectivity index is 2.10. The zero-order valence-corrected chi connectivity index (χ0v) is 12.4. The summed E-state index contributed by atoms with van der Waals surface area (Å²) in [7, 11) is 0. The summed E-state index contributed by atoms with van der Waals surface area (Å²) in [5, 5.41) is 14.5. The maximum absolute atomic E-state index is 13.5. The summed E-state index contributed by atoms with van der Waals surface area (Å²) in [6.07, 6.45) is 1.04. The number of nitrogens with one attached hydrogen (secondary N) is 2. The Labute approximate surface area is 136 Å². The van der Waals surface area contributed by atoms with Gasteiger partial charge in [0.15, 0.2) is 0 Å². The first kappa shape index (κ1) is 16.5. The normalized spacial score (nSPS) is 10.8. The molecular formula is C16H10ClF2N3O. The van der Waals surface area contributed by atoms with Crippen LogP contribution in [0.3, 0.4) is 0 Å². The van der Waals surface area contributed by atoms with E-state index >= 15 is 0 Å². The molecule has 0 fully saturated rings. The van der Waals surface area contributed by atoms with Crippen molar-refractivity contribution < 1.29 is 13.6 Å². The minimum absolute atomic E-state index is 0.0570. The highest BCUT2D eigenvalue weighted by atomic mass is 35.5. The van der Waals surface area contributed by atoms with Crippen LogP contribution in [0.5, 0.6) is 0 Å². The van der Waals surface area contributed by atoms with Crippen LogP contribution < -0.4 is 10.6 Å². The summed E-state index contributed by atoms with van der Waals surface area (Å²) < 4.78 is 26.3. The molecule has 116 valence electrons. The summed E-state index contributed by atoms with van der Waals surface area (Å²) in [4.78, 5) is 12.0. The van der Waals surface area contributed by atoms with Gasteiger partial charge in [0.05, 0.1) is 5.69 Å². The van der Waals surface area contributed by atoms with Crippen LogP contribution in [-0.4, -0.2) is 5.91 Å². The van der Waals surface area contributed by atoms with E-state index in [1.54, 1.807) is 30.3 Å². The maximum Gasteiger partial charge on any atom is 0.267 e. The molecule has 0 saturated heterocycles. The third-order valence-electron chi connectivity index (χ3n) is 2.77. The number of hydrogen-bond donors (Lipinski definition) is 2. The fourth-order valence-electron chi connectivity index (χ4n) is 1.64. The second kappa shape index (κ2) is 7.38. The van der Waals surface area contributed by atoms with E-state index in [1.165, 1.54) is 0 Å². The van der Waals surface area contributed by atoms with Crippen molar-refractivity contribution in [3.63, 3.8) is 0 Å². The molecule has 2 rings (SSSR count). The minimum Gasteiger partial charge on any atom is -0.358 e. The van der Waals surface area contributed by atoms with E-state index in [4.69, 9.17) is 16.9 Å². The standard InChI is InChI=1S/C16H10ClF2N3O/c17-11-1-4-13(5-2-11)22-16(23)10(8-20)9-21-15-6-3-12(18)7-14(15)19/h1-7,9,21H,(H,22,23)/b10-9-. The molecule has 1 amide bonds. The number of nitriles is 1. The van der Waals surface area contributed by atoms with Gasteiger partial charge < -0.3 is 10.6 Å². The summed E-state index contributed by atoms with van der Waals surface area (Å²) in [5.74, 6) is -2.24. The van der Waals surface area contributed by atoms with Crippen LogP contribution >= 0.6 is 11.6 Å². The first-order valence-corrected chi connectivity index (χ1v) is 6.76. The number of rotatable bonds is 4. The molecule has 0 aliphatic rings. The second-order valence-corrected chi connectivity index (χ2v) is 4.84. The van der Waals surface area contributed by atoms with Gasteiger partial charge in [0.2, 0.25) is 0 Å². The van der Waals surface area contributed by atoms with Crippen LogP contribution in [0, 0.1) is 23.0 Å². The number of nitrogens with zero attached hydrogens (tertiary/aromatic N) is 1. The molecule has 2 N–H and O–H groups in total. The third-order valence-corrected chi connectivity index (χ3v) is 3.02. The number of hydrogen-bond acceptors (Lipinski definition) is 3. The highest BCUT2D eigenvalue weighted by Gasteiger charge is 2.10. The molecule has 0 spiro atoms. The number of benzene rings is 2. The van der Waals surface area contributed by atoms with Gasteiger partial charge in [-0.3, -0.25) is 4.79 Å². The van der Waals surface area contributed by atoms with Crippen molar-refractivity contribution in [3.05, 3.63) is 70.9 Å². The molecule has 7 heteroatoms. The van der Waals surface area contributed by atoms with Crippen LogP contribution in [0.25, 0.3) is 0 Å². The van der Waals surface area contributed by atoms with Crippen molar-refractivity contribution in [1.29, 1.82) is 5.26 Å². The fourth-order valence-corrected chi connectivity index (χ4v) is 1.76. The van der Waals surface area contributed by atoms with Gasteiger partial charge in [-0.05, 0) is 36.4 Å². The molecule has 0 unspecified atom stereocenters. The van der Waals surface area contributed by atoms with Gasteiger partial charge in [-0.1, -0.05) is 11.6 Å². The summed E-state index contributed by atoms with van der Waals surface area (Å²) >= 11 is 5.73. The van der Waals surface area contributed by atoms with Crippen molar-refractivity contribution >= 4 is 28.9 Å². The van der Waals surface area contributed by atoms with E-state index in [-0.39, 0.29) is 11.3 Å². The van der Waals surface area contributed by atoms with E-state index in [0.717, 1.165) is 18.3 Å². The van der Waals surface area contributed by atoms with E-state index < -0.39 is 17.5 Å². The van der Waals surface area contributed by atoms with Crippen LogP contribution in [0.1, 0.15) is 0 Å². The summed E-state index contributed by atoms with van der Waals surface area (Å²) in [6.45, 7) is 0. The Morgan fingerprint density at radius 2 is 1.87 bits per heavy atom. The predicted octanol–water partition coefficient (Wildman–Crippen LogP) is 4.08. The molecule has 0 bridgehead atoms. The molecule has 0 heterocycles. The molecule has 0 saturated carbocycles. The number of carbonyl (C=O) groups is 1. The van der Waals surface area contributed by atoms with E-state index in [2.05, 4.69) is 10.6 Å². The molecule has 0 aromatic heterocycles. The van der Waals surface area contributed by atoms with Crippen LogP contribution in [0.15, 0.2) is 54.2 Å². The monoisotopic (exact) mass is 333 g/mol. The largest absolute Gasteiger partial charge is 0.358 e. The fraction of sp³-hybridized carbons (Fsp3) is 0. The SMILES string of the molecule is N#C/C(=C/Nc1ccc(F)cc1F)C(=O)Nc1ccc(Cl)cc1. The number of anilines is 2. The van der Waals surface area contributed by atoms with Gasteiger partial charge >= 0.3 is 0 Å². The lowest BCUT2D eigenvalue weighted by Gasteiger charge is -2.06. The van der Waals surface area contributed by atoms with Crippen LogP contribution in [0.4, 0.5) is 20.2 Å². The average Bonchev–Trinajstić information content (AvgIpc) is 2.52. The predicted molar refractivity (Wildman–Crippen MR) is 83.8 cm³/mol. The van der Waals surface area contributed by atoms with Gasteiger partial charge in [0, 0.05) is 23.0 Å². The molecule has 23 heavy (non-hydrogen) atoms. The highest BCUT2D eigenvalue weighted by Crippen LogP contribution is 2.16. The van der Waals surface area contributed by atoms with Crippen LogP contribution in [0.2, 0.25) is 5.02 Å². The lowest BCUT2D eigenvalue weighted by Crippen LogP contribution is -2.14. The molecule has 2 aromatic carbocycles. The van der Waals surface area contributed by atoms with Crippen LogP contribution in [-0.2, 0) is 4.79 Å². The summed E-state index contributed by atoms with van der Waals surface area (Å²) in [5.41, 5.74) is 0.121. The molecule has 0 aliphatic heterocycles. The number of amides is 1.